The van der Waals surface area contributed by atoms with Crippen LogP contribution in [0.1, 0.15) is 5.56 Å². The molecule has 2 aromatic heterocycles. The van der Waals surface area contributed by atoms with Gasteiger partial charge in [0.1, 0.15) is 0 Å². The molecule has 6 heteroatoms. The molecule has 0 amide bonds. The van der Waals surface area contributed by atoms with Crippen molar-refractivity contribution < 1.29 is 0 Å². The smallest absolute Gasteiger partial charge is 0.181 e. The molecule has 3 heterocycles. The maximum atomic E-state index is 4.63. The van der Waals surface area contributed by atoms with Crippen LogP contribution in [0.4, 0.5) is 5.69 Å². The fraction of sp³-hybridized carbons (Fsp3) is 0.308. The molecule has 5 rings (SSSR count). The minimum absolute atomic E-state index is 0.747. The van der Waals surface area contributed by atoms with Gasteiger partial charge in [0.2, 0.25) is 0 Å². The monoisotopic (exact) mass is 426 g/mol. The van der Waals surface area contributed by atoms with Crippen LogP contribution in [0, 0.1) is 0 Å². The van der Waals surface area contributed by atoms with Gasteiger partial charge in [0.25, 0.3) is 0 Å². The highest BCUT2D eigenvalue weighted by atomic mass is 15.2. The fourth-order valence-electron chi connectivity index (χ4n) is 4.40. The van der Waals surface area contributed by atoms with Crippen molar-refractivity contribution in [3.05, 3.63) is 66.4 Å². The van der Waals surface area contributed by atoms with Crippen LogP contribution >= 0.6 is 0 Å². The molecule has 4 aromatic rings. The lowest BCUT2D eigenvalue weighted by molar-refractivity contribution is 0.313. The number of likely N-dealkylation sites (N-methyl/N-ethyl adjacent to an activating group) is 1. The van der Waals surface area contributed by atoms with E-state index in [1.54, 1.807) is 0 Å². The first-order valence-corrected chi connectivity index (χ1v) is 11.2. The van der Waals surface area contributed by atoms with E-state index in [-0.39, 0.29) is 0 Å². The third-order valence-corrected chi connectivity index (χ3v) is 6.19. The summed E-state index contributed by atoms with van der Waals surface area (Å²) in [4.78, 5) is 11.6. The summed E-state index contributed by atoms with van der Waals surface area (Å²) in [6, 6.07) is 19.7. The predicted octanol–water partition coefficient (Wildman–Crippen LogP) is 4.11. The Balaban J connectivity index is 1.44. The number of hydrogen-bond acceptors (Lipinski definition) is 5. The fourth-order valence-corrected chi connectivity index (χ4v) is 4.40. The van der Waals surface area contributed by atoms with Crippen molar-refractivity contribution >= 4 is 16.7 Å². The summed E-state index contributed by atoms with van der Waals surface area (Å²) in [5.74, 6) is 0. The molecule has 0 radical (unpaired) electrons. The van der Waals surface area contributed by atoms with Gasteiger partial charge in [0.05, 0.1) is 5.69 Å². The zero-order chi connectivity index (χ0) is 22.1. The number of aromatic nitrogens is 3. The van der Waals surface area contributed by atoms with E-state index in [1.165, 1.54) is 16.8 Å². The summed E-state index contributed by atoms with van der Waals surface area (Å²) in [5, 5.41) is 8.71. The van der Waals surface area contributed by atoms with Crippen LogP contribution in [0.25, 0.3) is 33.4 Å². The maximum absolute atomic E-state index is 4.63. The molecule has 0 saturated carbocycles. The van der Waals surface area contributed by atoms with E-state index in [4.69, 9.17) is 0 Å². The van der Waals surface area contributed by atoms with Gasteiger partial charge in [-0.05, 0) is 56.5 Å². The molecule has 1 saturated heterocycles. The van der Waals surface area contributed by atoms with Crippen molar-refractivity contribution in [3.63, 3.8) is 0 Å². The van der Waals surface area contributed by atoms with Gasteiger partial charge in [-0.2, -0.15) is 5.10 Å². The Kier molecular flexibility index (Phi) is 5.64. The van der Waals surface area contributed by atoms with Crippen LogP contribution in [0.3, 0.4) is 0 Å². The molecule has 1 N–H and O–H groups in total. The first-order chi connectivity index (χ1) is 15.6. The summed E-state index contributed by atoms with van der Waals surface area (Å²) in [6.45, 7) is 5.28. The standard InChI is InChI=1S/C26H30N6/c1-30(2)18-19-5-4-6-21(15-19)22-16-24-25(28-29-26(24)27-17-22)20-7-9-23(10-8-20)32-13-11-31(3)12-14-32/h4-10,15-17H,11-14,18H2,1-3H3,(H,27,28,29). The van der Waals surface area contributed by atoms with Crippen molar-refractivity contribution in [3.8, 4) is 22.4 Å². The summed E-state index contributed by atoms with van der Waals surface area (Å²) >= 11 is 0. The van der Waals surface area contributed by atoms with E-state index < -0.39 is 0 Å². The maximum Gasteiger partial charge on any atom is 0.181 e. The van der Waals surface area contributed by atoms with E-state index in [2.05, 4.69) is 106 Å². The van der Waals surface area contributed by atoms with Crippen LogP contribution in [0.2, 0.25) is 0 Å². The molecule has 0 spiro atoms. The van der Waals surface area contributed by atoms with E-state index in [9.17, 15) is 0 Å². The summed E-state index contributed by atoms with van der Waals surface area (Å²) in [5.41, 5.74) is 7.75. The minimum atomic E-state index is 0.747. The Morgan fingerprint density at radius 2 is 1.69 bits per heavy atom. The van der Waals surface area contributed by atoms with Gasteiger partial charge in [-0.25, -0.2) is 4.98 Å². The van der Waals surface area contributed by atoms with Gasteiger partial charge in [-0.1, -0.05) is 30.3 Å². The lowest BCUT2D eigenvalue weighted by Gasteiger charge is -2.34. The highest BCUT2D eigenvalue weighted by Gasteiger charge is 2.15. The van der Waals surface area contributed by atoms with Crippen molar-refractivity contribution in [2.75, 3.05) is 52.2 Å². The van der Waals surface area contributed by atoms with Crippen LogP contribution in [-0.2, 0) is 6.54 Å². The number of rotatable bonds is 5. The lowest BCUT2D eigenvalue weighted by Crippen LogP contribution is -2.44. The van der Waals surface area contributed by atoms with Gasteiger partial charge < -0.3 is 14.7 Å². The number of nitrogens with one attached hydrogen (secondary N) is 1. The molecule has 0 atom stereocenters. The molecule has 1 aliphatic heterocycles. The molecule has 32 heavy (non-hydrogen) atoms. The minimum Gasteiger partial charge on any atom is -0.369 e. The average molecular weight is 427 g/mol. The molecule has 0 bridgehead atoms. The Labute approximate surface area is 189 Å². The molecular weight excluding hydrogens is 396 g/mol. The number of H-pyrrole nitrogens is 1. The van der Waals surface area contributed by atoms with E-state index in [0.717, 1.165) is 60.6 Å². The normalized spacial score (nSPS) is 15.1. The number of aromatic amines is 1. The molecule has 2 aromatic carbocycles. The van der Waals surface area contributed by atoms with Crippen molar-refractivity contribution in [2.45, 2.75) is 6.54 Å². The molecule has 0 unspecified atom stereocenters. The molecular formula is C26H30N6. The molecule has 1 aliphatic rings. The number of pyridine rings is 1. The van der Waals surface area contributed by atoms with Crippen molar-refractivity contribution in [2.24, 2.45) is 0 Å². The van der Waals surface area contributed by atoms with Gasteiger partial charge in [0.15, 0.2) is 5.65 Å². The van der Waals surface area contributed by atoms with Gasteiger partial charge in [0, 0.05) is 61.1 Å². The van der Waals surface area contributed by atoms with E-state index >= 15 is 0 Å². The molecule has 6 nitrogen and oxygen atoms in total. The largest absolute Gasteiger partial charge is 0.369 e. The summed E-state index contributed by atoms with van der Waals surface area (Å²) in [7, 11) is 6.37. The van der Waals surface area contributed by atoms with Gasteiger partial charge >= 0.3 is 0 Å². The first kappa shape index (κ1) is 20.7. The summed E-state index contributed by atoms with van der Waals surface area (Å²) < 4.78 is 0. The third kappa shape index (κ3) is 4.24. The van der Waals surface area contributed by atoms with Crippen LogP contribution < -0.4 is 4.90 Å². The number of nitrogens with zero attached hydrogens (tertiary/aromatic N) is 5. The Morgan fingerprint density at radius 3 is 2.44 bits per heavy atom. The average Bonchev–Trinajstić information content (AvgIpc) is 3.23. The Hall–Kier alpha value is -3.22. The Bertz CT molecular complexity index is 1200. The lowest BCUT2D eigenvalue weighted by atomic mass is 10.0. The molecule has 164 valence electrons. The second-order valence-corrected chi connectivity index (χ2v) is 8.97. The highest BCUT2D eigenvalue weighted by Crippen LogP contribution is 2.31. The Morgan fingerprint density at radius 1 is 0.906 bits per heavy atom. The number of hydrogen-bond donors (Lipinski definition) is 1. The van der Waals surface area contributed by atoms with Crippen LogP contribution in [0.5, 0.6) is 0 Å². The second kappa shape index (κ2) is 8.73. The SMILES string of the molecule is CN(C)Cc1cccc(-c2cnc3n[nH]c(-c4ccc(N5CCN(C)CC5)cc4)c3c2)c1. The third-order valence-electron chi connectivity index (χ3n) is 6.19. The topological polar surface area (TPSA) is 51.3 Å². The number of piperazine rings is 1. The van der Waals surface area contributed by atoms with Crippen molar-refractivity contribution in [1.29, 1.82) is 0 Å². The van der Waals surface area contributed by atoms with E-state index in [0.29, 0.717) is 0 Å². The quantitative estimate of drug-likeness (QED) is 0.521. The molecule has 1 fully saturated rings. The van der Waals surface area contributed by atoms with Crippen LogP contribution in [0.15, 0.2) is 60.8 Å². The van der Waals surface area contributed by atoms with Crippen molar-refractivity contribution in [1.82, 2.24) is 25.0 Å². The zero-order valence-electron chi connectivity index (χ0n) is 19.0. The first-order valence-electron chi connectivity index (χ1n) is 11.2. The van der Waals surface area contributed by atoms with Gasteiger partial charge in [-0.3, -0.25) is 5.10 Å². The summed E-state index contributed by atoms with van der Waals surface area (Å²) in [6.07, 6.45) is 1.91. The highest BCUT2D eigenvalue weighted by molar-refractivity contribution is 5.93. The number of anilines is 1. The number of benzene rings is 2. The number of fused-ring (bicyclic) bond motifs is 1. The van der Waals surface area contributed by atoms with E-state index in [1.807, 2.05) is 6.20 Å². The van der Waals surface area contributed by atoms with Gasteiger partial charge in [-0.15, -0.1) is 0 Å². The second-order valence-electron chi connectivity index (χ2n) is 8.97. The predicted molar refractivity (Wildman–Crippen MR) is 132 cm³/mol. The molecule has 0 aliphatic carbocycles. The van der Waals surface area contributed by atoms with Crippen LogP contribution in [-0.4, -0.2) is 72.3 Å². The zero-order valence-corrected chi connectivity index (χ0v) is 19.0.